The molecule has 2 fully saturated rings. The summed E-state index contributed by atoms with van der Waals surface area (Å²) < 4.78 is 13.1. The molecule has 3 heterocycles. The van der Waals surface area contributed by atoms with Crippen molar-refractivity contribution in [3.05, 3.63) is 36.3 Å². The number of amides is 1. The van der Waals surface area contributed by atoms with Gasteiger partial charge < -0.3 is 19.6 Å². The molecular weight excluding hydrogens is 361 g/mol. The van der Waals surface area contributed by atoms with Crippen LogP contribution in [-0.4, -0.2) is 78.3 Å². The van der Waals surface area contributed by atoms with E-state index in [4.69, 9.17) is 4.98 Å². The van der Waals surface area contributed by atoms with Gasteiger partial charge in [0.1, 0.15) is 5.82 Å². The fourth-order valence-corrected chi connectivity index (χ4v) is 3.64. The van der Waals surface area contributed by atoms with Crippen LogP contribution in [0.5, 0.6) is 0 Å². The SMILES string of the molecule is CC(=O)N1CCN(c2nncc(N3CCN(c4ccc(F)cc4)CC3)n2)CC1. The average Bonchev–Trinajstić information content (AvgIpc) is 2.75. The molecule has 148 valence electrons. The molecule has 9 heteroatoms. The van der Waals surface area contributed by atoms with Gasteiger partial charge in [0, 0.05) is 65.0 Å². The van der Waals surface area contributed by atoms with E-state index in [0.29, 0.717) is 32.1 Å². The Bertz CT molecular complexity index is 815. The Morgan fingerprint density at radius 1 is 0.893 bits per heavy atom. The Kier molecular flexibility index (Phi) is 5.23. The quantitative estimate of drug-likeness (QED) is 0.781. The van der Waals surface area contributed by atoms with Crippen LogP contribution in [0.3, 0.4) is 0 Å². The van der Waals surface area contributed by atoms with Crippen molar-refractivity contribution in [2.45, 2.75) is 6.92 Å². The first-order chi connectivity index (χ1) is 13.6. The van der Waals surface area contributed by atoms with Crippen LogP contribution in [0.15, 0.2) is 30.5 Å². The maximum atomic E-state index is 13.1. The first-order valence-corrected chi connectivity index (χ1v) is 9.56. The van der Waals surface area contributed by atoms with E-state index in [1.165, 1.54) is 12.1 Å². The first kappa shape index (κ1) is 18.4. The Balaban J connectivity index is 1.37. The second-order valence-electron chi connectivity index (χ2n) is 7.06. The Hall–Kier alpha value is -2.97. The van der Waals surface area contributed by atoms with Gasteiger partial charge in [-0.3, -0.25) is 4.79 Å². The van der Waals surface area contributed by atoms with Gasteiger partial charge in [-0.2, -0.15) is 10.1 Å². The number of aromatic nitrogens is 3. The van der Waals surface area contributed by atoms with E-state index in [0.717, 1.165) is 37.7 Å². The zero-order chi connectivity index (χ0) is 19.5. The van der Waals surface area contributed by atoms with Crippen LogP contribution in [-0.2, 0) is 4.79 Å². The lowest BCUT2D eigenvalue weighted by Gasteiger charge is -2.37. The van der Waals surface area contributed by atoms with Crippen LogP contribution in [0.25, 0.3) is 0 Å². The summed E-state index contributed by atoms with van der Waals surface area (Å²) in [5.41, 5.74) is 1.03. The molecule has 0 bridgehead atoms. The molecule has 0 saturated carbocycles. The third-order valence-corrected chi connectivity index (χ3v) is 5.34. The molecule has 2 aliphatic rings. The molecule has 2 aliphatic heterocycles. The summed E-state index contributed by atoms with van der Waals surface area (Å²) in [6.07, 6.45) is 1.70. The second kappa shape index (κ2) is 7.95. The van der Waals surface area contributed by atoms with Crippen molar-refractivity contribution in [2.75, 3.05) is 67.1 Å². The number of carbonyl (C=O) groups is 1. The molecule has 2 aromatic rings. The fraction of sp³-hybridized carbons (Fsp3) is 0.474. The maximum absolute atomic E-state index is 13.1. The Labute approximate surface area is 163 Å². The molecule has 28 heavy (non-hydrogen) atoms. The predicted octanol–water partition coefficient (Wildman–Crippen LogP) is 1.01. The van der Waals surface area contributed by atoms with Crippen molar-refractivity contribution >= 4 is 23.4 Å². The summed E-state index contributed by atoms with van der Waals surface area (Å²) in [7, 11) is 0. The van der Waals surface area contributed by atoms with Crippen LogP contribution in [0.4, 0.5) is 21.8 Å². The smallest absolute Gasteiger partial charge is 0.247 e. The lowest BCUT2D eigenvalue weighted by Crippen LogP contribution is -2.49. The van der Waals surface area contributed by atoms with Gasteiger partial charge in [0.2, 0.25) is 11.9 Å². The summed E-state index contributed by atoms with van der Waals surface area (Å²) in [5, 5.41) is 8.33. The van der Waals surface area contributed by atoms with E-state index in [9.17, 15) is 9.18 Å². The van der Waals surface area contributed by atoms with Crippen molar-refractivity contribution in [2.24, 2.45) is 0 Å². The third kappa shape index (κ3) is 3.97. The minimum atomic E-state index is -0.217. The third-order valence-electron chi connectivity index (χ3n) is 5.34. The van der Waals surface area contributed by atoms with E-state index in [2.05, 4.69) is 24.9 Å². The second-order valence-corrected chi connectivity index (χ2v) is 7.06. The number of benzene rings is 1. The van der Waals surface area contributed by atoms with Gasteiger partial charge in [-0.1, -0.05) is 0 Å². The number of nitrogens with zero attached hydrogens (tertiary/aromatic N) is 7. The molecule has 0 aliphatic carbocycles. The number of piperazine rings is 2. The van der Waals surface area contributed by atoms with E-state index in [1.807, 2.05) is 17.0 Å². The van der Waals surface area contributed by atoms with Crippen molar-refractivity contribution in [1.29, 1.82) is 0 Å². The molecule has 0 spiro atoms. The van der Waals surface area contributed by atoms with Crippen molar-refractivity contribution in [1.82, 2.24) is 20.1 Å². The zero-order valence-electron chi connectivity index (χ0n) is 16.0. The molecule has 0 N–H and O–H groups in total. The van der Waals surface area contributed by atoms with Gasteiger partial charge in [-0.25, -0.2) is 4.39 Å². The Morgan fingerprint density at radius 2 is 1.50 bits per heavy atom. The van der Waals surface area contributed by atoms with Crippen LogP contribution in [0, 0.1) is 5.82 Å². The van der Waals surface area contributed by atoms with E-state index in [-0.39, 0.29) is 11.7 Å². The minimum Gasteiger partial charge on any atom is -0.368 e. The van der Waals surface area contributed by atoms with Gasteiger partial charge in [0.25, 0.3) is 0 Å². The normalized spacial score (nSPS) is 17.8. The molecule has 4 rings (SSSR count). The molecule has 0 radical (unpaired) electrons. The Morgan fingerprint density at radius 3 is 2.14 bits per heavy atom. The lowest BCUT2D eigenvalue weighted by molar-refractivity contribution is -0.129. The highest BCUT2D eigenvalue weighted by atomic mass is 19.1. The van der Waals surface area contributed by atoms with Crippen LogP contribution >= 0.6 is 0 Å². The summed E-state index contributed by atoms with van der Waals surface area (Å²) in [6.45, 7) is 7.68. The highest BCUT2D eigenvalue weighted by Gasteiger charge is 2.23. The molecule has 0 unspecified atom stereocenters. The van der Waals surface area contributed by atoms with E-state index in [1.54, 1.807) is 13.1 Å². The largest absolute Gasteiger partial charge is 0.368 e. The molecule has 1 aromatic carbocycles. The fourth-order valence-electron chi connectivity index (χ4n) is 3.64. The molecule has 2 saturated heterocycles. The minimum absolute atomic E-state index is 0.103. The molecule has 1 amide bonds. The summed E-state index contributed by atoms with van der Waals surface area (Å²) in [6, 6.07) is 6.62. The van der Waals surface area contributed by atoms with Crippen molar-refractivity contribution < 1.29 is 9.18 Å². The molecule has 8 nitrogen and oxygen atoms in total. The monoisotopic (exact) mass is 385 g/mol. The standard InChI is InChI=1S/C19H24FN7O/c1-15(28)24-6-12-27(13-7-24)19-22-18(14-21-23-19)26-10-8-25(9-11-26)17-4-2-16(20)3-5-17/h2-5,14H,6-13H2,1H3. The van der Waals surface area contributed by atoms with Crippen LogP contribution in [0.1, 0.15) is 6.92 Å². The molecular formula is C19H24FN7O. The van der Waals surface area contributed by atoms with Crippen LogP contribution < -0.4 is 14.7 Å². The van der Waals surface area contributed by atoms with Crippen molar-refractivity contribution in [3.8, 4) is 0 Å². The van der Waals surface area contributed by atoms with E-state index >= 15 is 0 Å². The first-order valence-electron chi connectivity index (χ1n) is 9.56. The molecule has 0 atom stereocenters. The highest BCUT2D eigenvalue weighted by molar-refractivity contribution is 5.73. The number of anilines is 3. The number of hydrogen-bond donors (Lipinski definition) is 0. The van der Waals surface area contributed by atoms with Gasteiger partial charge in [0.15, 0.2) is 5.82 Å². The number of rotatable bonds is 3. The highest BCUT2D eigenvalue weighted by Crippen LogP contribution is 2.20. The summed E-state index contributed by atoms with van der Waals surface area (Å²) in [4.78, 5) is 24.5. The lowest BCUT2D eigenvalue weighted by atomic mass is 10.2. The average molecular weight is 385 g/mol. The summed E-state index contributed by atoms with van der Waals surface area (Å²) >= 11 is 0. The topological polar surface area (TPSA) is 68.7 Å². The summed E-state index contributed by atoms with van der Waals surface area (Å²) in [5.74, 6) is 1.32. The van der Waals surface area contributed by atoms with E-state index < -0.39 is 0 Å². The number of carbonyl (C=O) groups excluding carboxylic acids is 1. The van der Waals surface area contributed by atoms with Crippen LogP contribution in [0.2, 0.25) is 0 Å². The molecule has 1 aromatic heterocycles. The zero-order valence-corrected chi connectivity index (χ0v) is 16.0. The van der Waals surface area contributed by atoms with Gasteiger partial charge in [0.05, 0.1) is 6.20 Å². The van der Waals surface area contributed by atoms with Gasteiger partial charge in [-0.05, 0) is 24.3 Å². The maximum Gasteiger partial charge on any atom is 0.247 e. The van der Waals surface area contributed by atoms with Gasteiger partial charge in [-0.15, -0.1) is 5.10 Å². The van der Waals surface area contributed by atoms with Crippen molar-refractivity contribution in [3.63, 3.8) is 0 Å². The van der Waals surface area contributed by atoms with Gasteiger partial charge >= 0.3 is 0 Å². The predicted molar refractivity (Wildman–Crippen MR) is 105 cm³/mol. The number of halogens is 1. The number of hydrogen-bond acceptors (Lipinski definition) is 7.